The smallest absolute Gasteiger partial charge is 0.273 e. The Morgan fingerprint density at radius 1 is 1.26 bits per heavy atom. The van der Waals surface area contributed by atoms with Crippen LogP contribution in [0.15, 0.2) is 35.7 Å². The molecular weight excluding hydrogens is 310 g/mol. The van der Waals surface area contributed by atoms with Crippen molar-refractivity contribution in [3.63, 3.8) is 0 Å². The van der Waals surface area contributed by atoms with Gasteiger partial charge in [0, 0.05) is 11.9 Å². The highest BCUT2D eigenvalue weighted by molar-refractivity contribution is 7.13. The van der Waals surface area contributed by atoms with Gasteiger partial charge in [0.25, 0.3) is 5.91 Å². The lowest BCUT2D eigenvalue weighted by molar-refractivity contribution is -0.0864. The minimum absolute atomic E-state index is 0.0483. The molecule has 120 valence electrons. The molecule has 0 radical (unpaired) electrons. The molecule has 2 atom stereocenters. The lowest BCUT2D eigenvalue weighted by Crippen LogP contribution is -2.47. The van der Waals surface area contributed by atoms with Crippen LogP contribution in [0.2, 0.25) is 0 Å². The summed E-state index contributed by atoms with van der Waals surface area (Å²) in [5.41, 5.74) is 7.22. The number of aromatic nitrogens is 1. The highest BCUT2D eigenvalue weighted by atomic mass is 32.1. The van der Waals surface area contributed by atoms with Crippen molar-refractivity contribution in [2.75, 3.05) is 18.8 Å². The third-order valence-corrected chi connectivity index (χ3v) is 5.15. The van der Waals surface area contributed by atoms with Gasteiger partial charge in [-0.25, -0.2) is 4.98 Å². The fraction of sp³-hybridized carbons (Fsp3) is 0.412. The third kappa shape index (κ3) is 3.09. The van der Waals surface area contributed by atoms with Gasteiger partial charge in [-0.3, -0.25) is 4.79 Å². The van der Waals surface area contributed by atoms with E-state index in [0.717, 1.165) is 5.56 Å². The summed E-state index contributed by atoms with van der Waals surface area (Å²) in [4.78, 5) is 18.7. The highest BCUT2D eigenvalue weighted by Crippen LogP contribution is 2.39. The molecule has 2 aromatic rings. The summed E-state index contributed by atoms with van der Waals surface area (Å²) in [6.07, 6.45) is 2.43. The number of nitrogens with two attached hydrogens (primary N) is 1. The minimum Gasteiger partial charge on any atom is -0.375 e. The summed E-state index contributed by atoms with van der Waals surface area (Å²) in [5.74, 6) is 0.533. The molecule has 1 saturated heterocycles. The summed E-state index contributed by atoms with van der Waals surface area (Å²) in [5, 5.41) is 2.16. The molecule has 0 bridgehead atoms. The van der Waals surface area contributed by atoms with E-state index in [1.807, 2.05) is 23.1 Å². The van der Waals surface area contributed by atoms with Crippen molar-refractivity contribution in [2.45, 2.75) is 25.0 Å². The molecule has 1 aliphatic heterocycles. The largest absolute Gasteiger partial charge is 0.375 e. The Bertz CT molecular complexity index is 699. The summed E-state index contributed by atoms with van der Waals surface area (Å²) in [6, 6.07) is 10.1. The fourth-order valence-corrected chi connectivity index (χ4v) is 3.62. The van der Waals surface area contributed by atoms with Crippen molar-refractivity contribution in [3.8, 4) is 0 Å². The van der Waals surface area contributed by atoms with Gasteiger partial charge in [0.2, 0.25) is 0 Å². The van der Waals surface area contributed by atoms with E-state index in [1.54, 1.807) is 5.38 Å². The summed E-state index contributed by atoms with van der Waals surface area (Å²) in [6.45, 7) is 1.20. The molecule has 2 N–H and O–H groups in total. The molecule has 0 spiro atoms. The summed E-state index contributed by atoms with van der Waals surface area (Å²) < 4.78 is 6.28. The molecule has 4 rings (SSSR count). The standard InChI is InChI=1S/C17H19N3O2S/c18-17-19-13(10-23-17)16(21)20-8-14(11-4-2-1-3-5-11)22-15(9-20)12-6-7-12/h1-5,10,12,14-15H,6-9H2,(H2,18,19)/t14-,15+/m0/s1. The molecule has 1 aromatic carbocycles. The number of rotatable bonds is 3. The van der Waals surface area contributed by atoms with Crippen LogP contribution in [-0.2, 0) is 4.74 Å². The number of anilines is 1. The van der Waals surface area contributed by atoms with Crippen LogP contribution in [0.25, 0.3) is 0 Å². The number of benzene rings is 1. The van der Waals surface area contributed by atoms with Crippen molar-refractivity contribution >= 4 is 22.4 Å². The van der Waals surface area contributed by atoms with Crippen LogP contribution in [0.3, 0.4) is 0 Å². The van der Waals surface area contributed by atoms with E-state index >= 15 is 0 Å². The second-order valence-corrected chi connectivity index (χ2v) is 7.08. The Morgan fingerprint density at radius 3 is 2.70 bits per heavy atom. The van der Waals surface area contributed by atoms with E-state index in [9.17, 15) is 4.79 Å². The molecule has 1 saturated carbocycles. The van der Waals surface area contributed by atoms with Crippen molar-refractivity contribution in [1.29, 1.82) is 0 Å². The number of thiazole rings is 1. The molecule has 23 heavy (non-hydrogen) atoms. The number of hydrogen-bond acceptors (Lipinski definition) is 5. The summed E-state index contributed by atoms with van der Waals surface area (Å²) >= 11 is 1.30. The van der Waals surface area contributed by atoms with E-state index in [-0.39, 0.29) is 18.1 Å². The number of morpholine rings is 1. The van der Waals surface area contributed by atoms with Gasteiger partial charge in [0.1, 0.15) is 11.8 Å². The third-order valence-electron chi connectivity index (χ3n) is 4.47. The Balaban J connectivity index is 1.57. The molecule has 2 fully saturated rings. The molecule has 1 amide bonds. The molecule has 2 heterocycles. The average Bonchev–Trinajstić information content (AvgIpc) is 3.36. The minimum atomic E-state index is -0.0736. The second-order valence-electron chi connectivity index (χ2n) is 6.19. The van der Waals surface area contributed by atoms with Gasteiger partial charge < -0.3 is 15.4 Å². The number of nitrogens with zero attached hydrogens (tertiary/aromatic N) is 2. The first-order chi connectivity index (χ1) is 11.2. The molecule has 6 heteroatoms. The maximum absolute atomic E-state index is 12.7. The Morgan fingerprint density at radius 2 is 2.04 bits per heavy atom. The van der Waals surface area contributed by atoms with Crippen LogP contribution < -0.4 is 5.73 Å². The van der Waals surface area contributed by atoms with Gasteiger partial charge in [-0.05, 0) is 24.3 Å². The molecular formula is C17H19N3O2S. The van der Waals surface area contributed by atoms with Crippen LogP contribution in [0.1, 0.15) is 35.0 Å². The number of hydrogen-bond donors (Lipinski definition) is 1. The maximum Gasteiger partial charge on any atom is 0.273 e. The predicted octanol–water partition coefficient (Wildman–Crippen LogP) is 2.72. The van der Waals surface area contributed by atoms with Crippen molar-refractivity contribution in [2.24, 2.45) is 5.92 Å². The zero-order valence-electron chi connectivity index (χ0n) is 12.7. The first-order valence-corrected chi connectivity index (χ1v) is 8.79. The van der Waals surface area contributed by atoms with E-state index in [4.69, 9.17) is 10.5 Å². The van der Waals surface area contributed by atoms with E-state index in [0.29, 0.717) is 29.8 Å². The van der Waals surface area contributed by atoms with Crippen molar-refractivity contribution in [3.05, 3.63) is 47.0 Å². The van der Waals surface area contributed by atoms with E-state index < -0.39 is 0 Å². The molecule has 1 aliphatic carbocycles. The van der Waals surface area contributed by atoms with E-state index in [2.05, 4.69) is 17.1 Å². The van der Waals surface area contributed by atoms with Gasteiger partial charge in [-0.1, -0.05) is 30.3 Å². The zero-order chi connectivity index (χ0) is 15.8. The quantitative estimate of drug-likeness (QED) is 0.940. The lowest BCUT2D eigenvalue weighted by Gasteiger charge is -2.38. The predicted molar refractivity (Wildman–Crippen MR) is 89.2 cm³/mol. The van der Waals surface area contributed by atoms with Crippen LogP contribution in [0.5, 0.6) is 0 Å². The lowest BCUT2D eigenvalue weighted by atomic mass is 10.0. The normalized spacial score (nSPS) is 24.6. The number of carbonyl (C=O) groups excluding carboxylic acids is 1. The first kappa shape index (κ1) is 14.7. The van der Waals surface area contributed by atoms with Crippen LogP contribution in [0, 0.1) is 5.92 Å². The van der Waals surface area contributed by atoms with Crippen molar-refractivity contribution < 1.29 is 9.53 Å². The van der Waals surface area contributed by atoms with Crippen LogP contribution >= 0.6 is 11.3 Å². The Kier molecular flexibility index (Phi) is 3.79. The number of amides is 1. The number of nitrogen functional groups attached to an aromatic ring is 1. The Labute approximate surface area is 139 Å². The van der Waals surface area contributed by atoms with Crippen LogP contribution in [-0.4, -0.2) is 35.0 Å². The highest BCUT2D eigenvalue weighted by Gasteiger charge is 2.40. The zero-order valence-corrected chi connectivity index (χ0v) is 13.5. The second kappa shape index (κ2) is 5.94. The maximum atomic E-state index is 12.7. The molecule has 5 nitrogen and oxygen atoms in total. The fourth-order valence-electron chi connectivity index (χ4n) is 3.08. The number of carbonyl (C=O) groups is 1. The van der Waals surface area contributed by atoms with E-state index in [1.165, 1.54) is 24.2 Å². The molecule has 0 unspecified atom stereocenters. The topological polar surface area (TPSA) is 68.5 Å². The van der Waals surface area contributed by atoms with Crippen molar-refractivity contribution in [1.82, 2.24) is 9.88 Å². The van der Waals surface area contributed by atoms with Gasteiger partial charge >= 0.3 is 0 Å². The van der Waals surface area contributed by atoms with Gasteiger partial charge in [0.15, 0.2) is 5.13 Å². The van der Waals surface area contributed by atoms with Gasteiger partial charge in [-0.15, -0.1) is 11.3 Å². The van der Waals surface area contributed by atoms with Crippen LogP contribution in [0.4, 0.5) is 5.13 Å². The molecule has 2 aliphatic rings. The van der Waals surface area contributed by atoms with Gasteiger partial charge in [0.05, 0.1) is 12.6 Å². The Hall–Kier alpha value is -1.92. The first-order valence-electron chi connectivity index (χ1n) is 7.91. The SMILES string of the molecule is Nc1nc(C(=O)N2C[C@@H](c3ccccc3)O[C@@H](C3CC3)C2)cs1. The summed E-state index contributed by atoms with van der Waals surface area (Å²) in [7, 11) is 0. The van der Waals surface area contributed by atoms with Gasteiger partial charge in [-0.2, -0.15) is 0 Å². The average molecular weight is 329 g/mol. The molecule has 1 aromatic heterocycles. The monoisotopic (exact) mass is 329 g/mol. The number of ether oxygens (including phenoxy) is 1.